The van der Waals surface area contributed by atoms with Crippen LogP contribution in [0.2, 0.25) is 0 Å². The molecule has 3 heteroatoms. The zero-order valence-electron chi connectivity index (χ0n) is 8.76. The molecule has 1 aliphatic rings. The Hall–Kier alpha value is -0.570. The second kappa shape index (κ2) is 4.61. The number of carbonyl (C=O) groups is 1. The van der Waals surface area contributed by atoms with Crippen LogP contribution in [0.1, 0.15) is 26.7 Å². The summed E-state index contributed by atoms with van der Waals surface area (Å²) in [6, 6.07) is 0.478. The highest BCUT2D eigenvalue weighted by Crippen LogP contribution is 2.21. The molecule has 0 aromatic heterocycles. The lowest BCUT2D eigenvalue weighted by molar-refractivity contribution is -0.123. The van der Waals surface area contributed by atoms with Gasteiger partial charge in [0.1, 0.15) is 0 Å². The average Bonchev–Trinajstić information content (AvgIpc) is 2.04. The van der Waals surface area contributed by atoms with E-state index in [-0.39, 0.29) is 5.91 Å². The van der Waals surface area contributed by atoms with Crippen LogP contribution in [-0.2, 0) is 4.79 Å². The van der Waals surface area contributed by atoms with Gasteiger partial charge in [-0.2, -0.15) is 0 Å². The van der Waals surface area contributed by atoms with E-state index in [0.717, 1.165) is 13.0 Å². The number of nitrogens with one attached hydrogen (secondary N) is 2. The SMILES string of the molecule is CNC(C(C)C)C1CCNC(=O)C1. The fourth-order valence-corrected chi connectivity index (χ4v) is 2.23. The Morgan fingerprint density at radius 3 is 2.69 bits per heavy atom. The van der Waals surface area contributed by atoms with Crippen molar-refractivity contribution in [3.8, 4) is 0 Å². The number of carbonyl (C=O) groups excluding carboxylic acids is 1. The average molecular weight is 184 g/mol. The Balaban J connectivity index is 2.52. The highest BCUT2D eigenvalue weighted by molar-refractivity contribution is 5.76. The van der Waals surface area contributed by atoms with Gasteiger partial charge in [0.2, 0.25) is 5.91 Å². The van der Waals surface area contributed by atoms with E-state index >= 15 is 0 Å². The van der Waals surface area contributed by atoms with Crippen molar-refractivity contribution in [2.45, 2.75) is 32.7 Å². The second-order valence-corrected chi connectivity index (χ2v) is 4.16. The summed E-state index contributed by atoms with van der Waals surface area (Å²) >= 11 is 0. The van der Waals surface area contributed by atoms with Gasteiger partial charge < -0.3 is 10.6 Å². The molecule has 76 valence electrons. The Labute approximate surface area is 80.3 Å². The Bertz CT molecular complexity index is 180. The fraction of sp³-hybridized carbons (Fsp3) is 0.900. The van der Waals surface area contributed by atoms with E-state index < -0.39 is 0 Å². The third kappa shape index (κ3) is 2.69. The summed E-state index contributed by atoms with van der Waals surface area (Å²) in [5.74, 6) is 1.32. The quantitative estimate of drug-likeness (QED) is 0.680. The summed E-state index contributed by atoms with van der Waals surface area (Å²) in [4.78, 5) is 11.2. The topological polar surface area (TPSA) is 41.1 Å². The molecule has 1 heterocycles. The van der Waals surface area contributed by atoms with E-state index in [1.165, 1.54) is 0 Å². The molecule has 1 saturated heterocycles. The number of amides is 1. The molecule has 0 aromatic rings. The van der Waals surface area contributed by atoms with Gasteiger partial charge in [-0.3, -0.25) is 4.79 Å². The maximum atomic E-state index is 11.2. The number of rotatable bonds is 3. The summed E-state index contributed by atoms with van der Waals surface area (Å²) in [5, 5.41) is 6.17. The highest BCUT2D eigenvalue weighted by atomic mass is 16.1. The van der Waals surface area contributed by atoms with Crippen LogP contribution < -0.4 is 10.6 Å². The molecule has 13 heavy (non-hydrogen) atoms. The molecule has 0 spiro atoms. The summed E-state index contributed by atoms with van der Waals surface area (Å²) < 4.78 is 0. The maximum absolute atomic E-state index is 11.2. The van der Waals surface area contributed by atoms with Gasteiger partial charge in [-0.05, 0) is 25.3 Å². The molecule has 1 aliphatic heterocycles. The lowest BCUT2D eigenvalue weighted by atomic mass is 9.84. The van der Waals surface area contributed by atoms with Gasteiger partial charge in [0.25, 0.3) is 0 Å². The lowest BCUT2D eigenvalue weighted by Gasteiger charge is -2.32. The van der Waals surface area contributed by atoms with Crippen molar-refractivity contribution in [3.05, 3.63) is 0 Å². The summed E-state index contributed by atoms with van der Waals surface area (Å²) in [6.07, 6.45) is 1.79. The smallest absolute Gasteiger partial charge is 0.220 e. The first-order valence-corrected chi connectivity index (χ1v) is 5.09. The molecular formula is C10H20N2O. The van der Waals surface area contributed by atoms with Crippen LogP contribution in [0.3, 0.4) is 0 Å². The largest absolute Gasteiger partial charge is 0.356 e. The number of piperidine rings is 1. The zero-order valence-corrected chi connectivity index (χ0v) is 8.76. The molecule has 1 rings (SSSR count). The van der Waals surface area contributed by atoms with Gasteiger partial charge >= 0.3 is 0 Å². The van der Waals surface area contributed by atoms with E-state index in [1.54, 1.807) is 0 Å². The van der Waals surface area contributed by atoms with Crippen molar-refractivity contribution in [1.82, 2.24) is 10.6 Å². The van der Waals surface area contributed by atoms with Crippen LogP contribution >= 0.6 is 0 Å². The van der Waals surface area contributed by atoms with Gasteiger partial charge in [0.05, 0.1) is 0 Å². The number of hydrogen-bond acceptors (Lipinski definition) is 2. The van der Waals surface area contributed by atoms with Crippen molar-refractivity contribution >= 4 is 5.91 Å². The van der Waals surface area contributed by atoms with Crippen molar-refractivity contribution < 1.29 is 4.79 Å². The van der Waals surface area contributed by atoms with E-state index in [0.29, 0.717) is 24.3 Å². The standard InChI is InChI=1S/C10H20N2O/c1-7(2)10(11-3)8-4-5-12-9(13)6-8/h7-8,10-11H,4-6H2,1-3H3,(H,12,13). The summed E-state index contributed by atoms with van der Waals surface area (Å²) in [5.41, 5.74) is 0. The Morgan fingerprint density at radius 1 is 1.54 bits per heavy atom. The van der Waals surface area contributed by atoms with Crippen LogP contribution in [0, 0.1) is 11.8 Å². The van der Waals surface area contributed by atoms with Gasteiger partial charge in [0, 0.05) is 19.0 Å². The normalized spacial score (nSPS) is 25.8. The van der Waals surface area contributed by atoms with E-state index in [4.69, 9.17) is 0 Å². The molecule has 3 nitrogen and oxygen atoms in total. The second-order valence-electron chi connectivity index (χ2n) is 4.16. The van der Waals surface area contributed by atoms with E-state index in [2.05, 4.69) is 24.5 Å². The molecule has 1 amide bonds. The van der Waals surface area contributed by atoms with Crippen LogP contribution in [0.15, 0.2) is 0 Å². The molecule has 0 aliphatic carbocycles. The van der Waals surface area contributed by atoms with Crippen molar-refractivity contribution in [1.29, 1.82) is 0 Å². The fourth-order valence-electron chi connectivity index (χ4n) is 2.23. The van der Waals surface area contributed by atoms with Crippen molar-refractivity contribution in [3.63, 3.8) is 0 Å². The van der Waals surface area contributed by atoms with Gasteiger partial charge in [-0.1, -0.05) is 13.8 Å². The molecular weight excluding hydrogens is 164 g/mol. The number of hydrogen-bond donors (Lipinski definition) is 2. The molecule has 0 radical (unpaired) electrons. The zero-order chi connectivity index (χ0) is 9.84. The van der Waals surface area contributed by atoms with E-state index in [1.807, 2.05) is 7.05 Å². The van der Waals surface area contributed by atoms with Crippen LogP contribution in [0.5, 0.6) is 0 Å². The van der Waals surface area contributed by atoms with Crippen LogP contribution in [0.4, 0.5) is 0 Å². The molecule has 0 bridgehead atoms. The van der Waals surface area contributed by atoms with Crippen molar-refractivity contribution in [2.75, 3.05) is 13.6 Å². The Kier molecular flexibility index (Phi) is 3.72. The highest BCUT2D eigenvalue weighted by Gasteiger charge is 2.27. The van der Waals surface area contributed by atoms with E-state index in [9.17, 15) is 4.79 Å². The van der Waals surface area contributed by atoms with Crippen LogP contribution in [0.25, 0.3) is 0 Å². The molecule has 0 aromatic carbocycles. The predicted octanol–water partition coefficient (Wildman–Crippen LogP) is 0.757. The minimum atomic E-state index is 0.206. The molecule has 2 N–H and O–H groups in total. The third-order valence-electron chi connectivity index (χ3n) is 2.84. The lowest BCUT2D eigenvalue weighted by Crippen LogP contribution is -2.45. The van der Waals surface area contributed by atoms with Crippen LogP contribution in [-0.4, -0.2) is 25.5 Å². The molecule has 1 fully saturated rings. The first kappa shape index (κ1) is 10.5. The monoisotopic (exact) mass is 184 g/mol. The Morgan fingerprint density at radius 2 is 2.23 bits per heavy atom. The van der Waals surface area contributed by atoms with Gasteiger partial charge in [0.15, 0.2) is 0 Å². The third-order valence-corrected chi connectivity index (χ3v) is 2.84. The summed E-state index contributed by atoms with van der Waals surface area (Å²) in [7, 11) is 1.98. The molecule has 2 unspecified atom stereocenters. The van der Waals surface area contributed by atoms with Gasteiger partial charge in [-0.15, -0.1) is 0 Å². The summed E-state index contributed by atoms with van der Waals surface area (Å²) in [6.45, 7) is 5.25. The molecule has 0 saturated carbocycles. The first-order chi connectivity index (χ1) is 6.15. The predicted molar refractivity (Wildman–Crippen MR) is 53.4 cm³/mol. The van der Waals surface area contributed by atoms with Crippen molar-refractivity contribution in [2.24, 2.45) is 11.8 Å². The molecule has 2 atom stereocenters. The van der Waals surface area contributed by atoms with Gasteiger partial charge in [-0.25, -0.2) is 0 Å². The maximum Gasteiger partial charge on any atom is 0.220 e. The first-order valence-electron chi connectivity index (χ1n) is 5.09. The minimum Gasteiger partial charge on any atom is -0.356 e. The minimum absolute atomic E-state index is 0.206.